The highest BCUT2D eigenvalue weighted by Crippen LogP contribution is 2.30. The van der Waals surface area contributed by atoms with E-state index in [0.717, 1.165) is 15.4 Å². The first kappa shape index (κ1) is 24.4. The average Bonchev–Trinajstić information content (AvgIpc) is 3.37. The molecule has 5 rings (SSSR count). The number of hydrogen-bond acceptors (Lipinski definition) is 6. The number of carbonyl (C=O) groups is 1. The van der Waals surface area contributed by atoms with Gasteiger partial charge in [-0.05, 0) is 72.6 Å². The van der Waals surface area contributed by atoms with Gasteiger partial charge >= 0.3 is 6.09 Å². The lowest BCUT2D eigenvalue weighted by molar-refractivity contribution is 0.177. The Morgan fingerprint density at radius 3 is 2.35 bits per heavy atom. The summed E-state index contributed by atoms with van der Waals surface area (Å²) in [5.41, 5.74) is 2.41. The summed E-state index contributed by atoms with van der Waals surface area (Å²) in [7, 11) is -4.22. The molecule has 0 radical (unpaired) electrons. The van der Waals surface area contributed by atoms with Gasteiger partial charge in [0.2, 0.25) is 0 Å². The SMILES string of the molecule is Cc1cccc(CN(C(=O)Oc2ccc(Oc3ccccc3)cc2)S(=O)(=O)c2ccc3c(c2)CCO3)c1. The Morgan fingerprint density at radius 1 is 0.865 bits per heavy atom. The molecular formula is C29H25NO6S. The van der Waals surface area contributed by atoms with Gasteiger partial charge in [-0.1, -0.05) is 48.0 Å². The van der Waals surface area contributed by atoms with Crippen molar-refractivity contribution in [1.29, 1.82) is 0 Å². The maximum Gasteiger partial charge on any atom is 0.429 e. The summed E-state index contributed by atoms with van der Waals surface area (Å²) in [5, 5.41) is 0. The second-order valence-corrected chi connectivity index (χ2v) is 10.5. The summed E-state index contributed by atoms with van der Waals surface area (Å²) in [4.78, 5) is 13.3. The zero-order valence-electron chi connectivity index (χ0n) is 20.2. The molecule has 7 nitrogen and oxygen atoms in total. The lowest BCUT2D eigenvalue weighted by Crippen LogP contribution is -2.38. The second kappa shape index (κ2) is 10.4. The van der Waals surface area contributed by atoms with Crippen LogP contribution in [0.1, 0.15) is 16.7 Å². The molecule has 1 aliphatic heterocycles. The highest BCUT2D eigenvalue weighted by Gasteiger charge is 2.32. The fourth-order valence-corrected chi connectivity index (χ4v) is 5.36. The number of fused-ring (bicyclic) bond motifs is 1. The van der Waals surface area contributed by atoms with Crippen molar-refractivity contribution in [3.63, 3.8) is 0 Å². The number of nitrogens with zero attached hydrogens (tertiary/aromatic N) is 1. The minimum atomic E-state index is -4.22. The number of aryl methyl sites for hydroxylation is 1. The van der Waals surface area contributed by atoms with Gasteiger partial charge in [0, 0.05) is 6.42 Å². The highest BCUT2D eigenvalue weighted by atomic mass is 32.2. The molecule has 8 heteroatoms. The highest BCUT2D eigenvalue weighted by molar-refractivity contribution is 7.89. The van der Waals surface area contributed by atoms with Gasteiger partial charge in [-0.25, -0.2) is 13.2 Å². The van der Waals surface area contributed by atoms with E-state index in [1.807, 2.05) is 55.5 Å². The van der Waals surface area contributed by atoms with Crippen molar-refractivity contribution in [2.24, 2.45) is 0 Å². The standard InChI is InChI=1S/C29H25NO6S/c1-21-6-5-7-22(18-21)20-30(37(32,33)27-14-15-28-23(19-27)16-17-34-28)29(31)36-26-12-10-25(11-13-26)35-24-8-3-2-4-9-24/h2-15,18-19H,16-17,20H2,1H3. The molecular weight excluding hydrogens is 490 g/mol. The molecule has 0 aliphatic carbocycles. The van der Waals surface area contributed by atoms with Gasteiger partial charge in [-0.2, -0.15) is 4.31 Å². The van der Waals surface area contributed by atoms with Crippen LogP contribution in [-0.4, -0.2) is 25.4 Å². The molecule has 0 N–H and O–H groups in total. The van der Waals surface area contributed by atoms with Crippen molar-refractivity contribution in [1.82, 2.24) is 4.31 Å². The summed E-state index contributed by atoms with van der Waals surface area (Å²) >= 11 is 0. The van der Waals surface area contributed by atoms with Gasteiger partial charge in [-0.3, -0.25) is 0 Å². The van der Waals surface area contributed by atoms with E-state index in [1.165, 1.54) is 6.07 Å². The molecule has 37 heavy (non-hydrogen) atoms. The largest absolute Gasteiger partial charge is 0.493 e. The molecule has 0 aromatic heterocycles. The molecule has 4 aromatic carbocycles. The van der Waals surface area contributed by atoms with Crippen molar-refractivity contribution >= 4 is 16.1 Å². The fraction of sp³-hybridized carbons (Fsp3) is 0.138. The number of amides is 1. The molecule has 0 unspecified atom stereocenters. The quantitative estimate of drug-likeness (QED) is 0.295. The fourth-order valence-electron chi connectivity index (χ4n) is 4.03. The summed E-state index contributed by atoms with van der Waals surface area (Å²) in [6.07, 6.45) is -0.395. The van der Waals surface area contributed by atoms with Crippen molar-refractivity contribution in [3.8, 4) is 23.0 Å². The lowest BCUT2D eigenvalue weighted by Gasteiger charge is -2.22. The van der Waals surface area contributed by atoms with Crippen molar-refractivity contribution < 1.29 is 27.4 Å². The minimum Gasteiger partial charge on any atom is -0.493 e. The Morgan fingerprint density at radius 2 is 1.59 bits per heavy atom. The van der Waals surface area contributed by atoms with E-state index >= 15 is 0 Å². The van der Waals surface area contributed by atoms with Gasteiger partial charge in [0.1, 0.15) is 23.0 Å². The third-order valence-corrected chi connectivity index (χ3v) is 7.58. The normalized spacial score (nSPS) is 12.4. The summed E-state index contributed by atoms with van der Waals surface area (Å²) in [5.74, 6) is 2.07. The number of ether oxygens (including phenoxy) is 3. The molecule has 0 fully saturated rings. The molecule has 0 atom stereocenters. The molecule has 1 aliphatic rings. The number of carbonyl (C=O) groups excluding carboxylic acids is 1. The Bertz CT molecular complexity index is 1520. The maximum atomic E-state index is 13.7. The molecule has 4 aromatic rings. The number of hydrogen-bond donors (Lipinski definition) is 0. The molecule has 0 bridgehead atoms. The first-order valence-electron chi connectivity index (χ1n) is 11.8. The van der Waals surface area contributed by atoms with Crippen LogP contribution in [0, 0.1) is 6.92 Å². The van der Waals surface area contributed by atoms with Crippen LogP contribution in [-0.2, 0) is 23.0 Å². The second-order valence-electron chi connectivity index (χ2n) is 8.62. The molecule has 1 amide bonds. The van der Waals surface area contributed by atoms with Crippen LogP contribution in [0.5, 0.6) is 23.0 Å². The number of sulfonamides is 1. The van der Waals surface area contributed by atoms with Crippen LogP contribution in [0.15, 0.2) is 102 Å². The molecule has 0 saturated carbocycles. The molecule has 0 spiro atoms. The third-order valence-electron chi connectivity index (χ3n) is 5.87. The predicted octanol–water partition coefficient (Wildman–Crippen LogP) is 6.11. The van der Waals surface area contributed by atoms with Crippen LogP contribution in [0.25, 0.3) is 0 Å². The number of rotatable bonds is 7. The van der Waals surface area contributed by atoms with E-state index in [9.17, 15) is 13.2 Å². The molecule has 0 saturated heterocycles. The van der Waals surface area contributed by atoms with E-state index in [1.54, 1.807) is 42.5 Å². The number of benzene rings is 4. The smallest absolute Gasteiger partial charge is 0.429 e. The first-order chi connectivity index (χ1) is 17.9. The Kier molecular flexibility index (Phi) is 6.83. The van der Waals surface area contributed by atoms with Gasteiger partial charge in [0.25, 0.3) is 10.0 Å². The van der Waals surface area contributed by atoms with Crippen LogP contribution in [0.3, 0.4) is 0 Å². The van der Waals surface area contributed by atoms with E-state index in [0.29, 0.717) is 35.8 Å². The van der Waals surface area contributed by atoms with Crippen molar-refractivity contribution in [2.75, 3.05) is 6.61 Å². The average molecular weight is 516 g/mol. The minimum absolute atomic E-state index is 0.00737. The van der Waals surface area contributed by atoms with Crippen molar-refractivity contribution in [2.45, 2.75) is 24.8 Å². The Labute approximate surface area is 215 Å². The summed E-state index contributed by atoms with van der Waals surface area (Å²) in [6, 6.07) is 27.6. The molecule has 188 valence electrons. The monoisotopic (exact) mass is 515 g/mol. The summed E-state index contributed by atoms with van der Waals surface area (Å²) < 4.78 is 44.9. The van der Waals surface area contributed by atoms with Crippen LogP contribution >= 0.6 is 0 Å². The van der Waals surface area contributed by atoms with Crippen molar-refractivity contribution in [3.05, 3.63) is 114 Å². The lowest BCUT2D eigenvalue weighted by atomic mass is 10.1. The van der Waals surface area contributed by atoms with Gasteiger partial charge in [0.15, 0.2) is 0 Å². The summed E-state index contributed by atoms with van der Waals surface area (Å²) in [6.45, 7) is 2.23. The zero-order valence-corrected chi connectivity index (χ0v) is 21.0. The Hall–Kier alpha value is -4.30. The topological polar surface area (TPSA) is 82.1 Å². The van der Waals surface area contributed by atoms with E-state index < -0.39 is 16.1 Å². The molecule has 1 heterocycles. The van der Waals surface area contributed by atoms with Crippen LogP contribution in [0.4, 0.5) is 4.79 Å². The van der Waals surface area contributed by atoms with E-state index in [-0.39, 0.29) is 17.2 Å². The van der Waals surface area contributed by atoms with Gasteiger partial charge in [0.05, 0.1) is 18.0 Å². The van der Waals surface area contributed by atoms with E-state index in [2.05, 4.69) is 0 Å². The van der Waals surface area contributed by atoms with Crippen LogP contribution in [0.2, 0.25) is 0 Å². The Balaban J connectivity index is 1.40. The zero-order chi connectivity index (χ0) is 25.8. The van der Waals surface area contributed by atoms with E-state index in [4.69, 9.17) is 14.2 Å². The van der Waals surface area contributed by atoms with Crippen LogP contribution < -0.4 is 14.2 Å². The maximum absolute atomic E-state index is 13.7. The predicted molar refractivity (Wildman–Crippen MR) is 139 cm³/mol. The van der Waals surface area contributed by atoms with Gasteiger partial charge < -0.3 is 14.2 Å². The third kappa shape index (κ3) is 5.59. The van der Waals surface area contributed by atoms with Gasteiger partial charge in [-0.15, -0.1) is 0 Å². The number of para-hydroxylation sites is 1. The first-order valence-corrected chi connectivity index (χ1v) is 13.2.